The summed E-state index contributed by atoms with van der Waals surface area (Å²) in [5.41, 5.74) is 4.10. The van der Waals surface area contributed by atoms with Crippen molar-refractivity contribution in [2.45, 2.75) is 19.0 Å². The molecule has 0 atom stereocenters. The zero-order valence-corrected chi connectivity index (χ0v) is 14.4. The number of anilines is 1. The summed E-state index contributed by atoms with van der Waals surface area (Å²) in [6.45, 7) is 4.04. The number of nitrogens with zero attached hydrogens (tertiary/aromatic N) is 2. The molecule has 0 unspecified atom stereocenters. The van der Waals surface area contributed by atoms with Gasteiger partial charge in [-0.25, -0.2) is 4.98 Å². The molecule has 1 amide bonds. The number of aryl methyl sites for hydroxylation is 2. The Hall–Kier alpha value is -2.60. The number of aromatic amines is 1. The van der Waals surface area contributed by atoms with Crippen LogP contribution in [-0.4, -0.2) is 26.8 Å². The fourth-order valence-corrected chi connectivity index (χ4v) is 2.79. The third kappa shape index (κ3) is 4.23. The second-order valence-electron chi connectivity index (χ2n) is 5.54. The first-order valence-electron chi connectivity index (χ1n) is 7.59. The lowest BCUT2D eigenvalue weighted by atomic mass is 10.1. The van der Waals surface area contributed by atoms with Gasteiger partial charge in [-0.15, -0.1) is 5.10 Å². The van der Waals surface area contributed by atoms with E-state index in [1.54, 1.807) is 0 Å². The molecule has 1 aromatic heterocycles. The molecule has 0 aliphatic heterocycles. The zero-order chi connectivity index (χ0) is 16.9. The second kappa shape index (κ2) is 7.31. The quantitative estimate of drug-likeness (QED) is 0.694. The van der Waals surface area contributed by atoms with Gasteiger partial charge >= 0.3 is 0 Å². The lowest BCUT2D eigenvalue weighted by Gasteiger charge is -2.04. The molecular formula is C18H18N4OS. The molecule has 24 heavy (non-hydrogen) atoms. The van der Waals surface area contributed by atoms with Crippen LogP contribution >= 0.6 is 11.8 Å². The van der Waals surface area contributed by atoms with Gasteiger partial charge in [0.05, 0.1) is 5.75 Å². The van der Waals surface area contributed by atoms with Gasteiger partial charge in [0.25, 0.3) is 0 Å². The van der Waals surface area contributed by atoms with E-state index in [4.69, 9.17) is 0 Å². The van der Waals surface area contributed by atoms with Crippen LogP contribution in [0.5, 0.6) is 0 Å². The largest absolute Gasteiger partial charge is 0.325 e. The number of thioether (sulfide) groups is 1. The average Bonchev–Trinajstić information content (AvgIpc) is 3.04. The predicted molar refractivity (Wildman–Crippen MR) is 97.1 cm³/mol. The van der Waals surface area contributed by atoms with Crippen molar-refractivity contribution in [1.82, 2.24) is 15.2 Å². The summed E-state index contributed by atoms with van der Waals surface area (Å²) >= 11 is 1.31. The summed E-state index contributed by atoms with van der Waals surface area (Å²) in [4.78, 5) is 16.4. The fourth-order valence-electron chi connectivity index (χ4n) is 2.20. The van der Waals surface area contributed by atoms with Gasteiger partial charge in [-0.3, -0.25) is 9.89 Å². The van der Waals surface area contributed by atoms with Crippen molar-refractivity contribution in [1.29, 1.82) is 0 Å². The van der Waals surface area contributed by atoms with Crippen molar-refractivity contribution in [3.05, 3.63) is 59.7 Å². The Labute approximate surface area is 144 Å². The maximum Gasteiger partial charge on any atom is 0.234 e. The van der Waals surface area contributed by atoms with Crippen molar-refractivity contribution in [3.8, 4) is 11.4 Å². The smallest absolute Gasteiger partial charge is 0.234 e. The van der Waals surface area contributed by atoms with Crippen molar-refractivity contribution in [2.24, 2.45) is 0 Å². The molecule has 3 aromatic rings. The highest BCUT2D eigenvalue weighted by molar-refractivity contribution is 7.99. The number of amides is 1. The molecule has 0 aliphatic carbocycles. The Balaban J connectivity index is 1.57. The van der Waals surface area contributed by atoms with Crippen LogP contribution in [0.3, 0.4) is 0 Å². The van der Waals surface area contributed by atoms with Crippen LogP contribution in [0.25, 0.3) is 11.4 Å². The maximum atomic E-state index is 12.0. The molecule has 0 saturated heterocycles. The Morgan fingerprint density at radius 1 is 1.12 bits per heavy atom. The van der Waals surface area contributed by atoms with E-state index in [0.717, 1.165) is 22.4 Å². The average molecular weight is 338 g/mol. The van der Waals surface area contributed by atoms with Crippen molar-refractivity contribution in [2.75, 3.05) is 11.1 Å². The third-order valence-electron chi connectivity index (χ3n) is 3.42. The summed E-state index contributed by atoms with van der Waals surface area (Å²) in [5.74, 6) is 0.893. The normalized spacial score (nSPS) is 10.6. The van der Waals surface area contributed by atoms with Crippen molar-refractivity contribution in [3.63, 3.8) is 0 Å². The number of carbonyl (C=O) groups is 1. The van der Waals surface area contributed by atoms with Crippen LogP contribution in [0.2, 0.25) is 0 Å². The molecular weight excluding hydrogens is 320 g/mol. The summed E-state index contributed by atoms with van der Waals surface area (Å²) in [6, 6.07) is 15.7. The van der Waals surface area contributed by atoms with Crippen LogP contribution in [-0.2, 0) is 4.79 Å². The molecule has 0 aliphatic rings. The zero-order valence-electron chi connectivity index (χ0n) is 13.5. The van der Waals surface area contributed by atoms with Gasteiger partial charge in [-0.05, 0) is 32.0 Å². The molecule has 0 saturated carbocycles. The van der Waals surface area contributed by atoms with Crippen LogP contribution < -0.4 is 5.32 Å². The highest BCUT2D eigenvalue weighted by atomic mass is 32.2. The monoisotopic (exact) mass is 338 g/mol. The molecule has 0 fully saturated rings. The van der Waals surface area contributed by atoms with Gasteiger partial charge in [0.2, 0.25) is 11.1 Å². The van der Waals surface area contributed by atoms with Crippen molar-refractivity contribution < 1.29 is 4.79 Å². The highest BCUT2D eigenvalue weighted by Gasteiger charge is 2.09. The number of rotatable bonds is 5. The van der Waals surface area contributed by atoms with Crippen LogP contribution in [0.4, 0.5) is 5.69 Å². The molecule has 0 radical (unpaired) electrons. The lowest BCUT2D eigenvalue weighted by molar-refractivity contribution is -0.113. The number of aromatic nitrogens is 3. The minimum absolute atomic E-state index is 0.0780. The maximum absolute atomic E-state index is 12.0. The van der Waals surface area contributed by atoms with Gasteiger partial charge in [-0.1, -0.05) is 53.2 Å². The van der Waals surface area contributed by atoms with E-state index in [2.05, 4.69) is 20.5 Å². The van der Waals surface area contributed by atoms with E-state index in [-0.39, 0.29) is 11.7 Å². The van der Waals surface area contributed by atoms with E-state index >= 15 is 0 Å². The second-order valence-corrected chi connectivity index (χ2v) is 6.48. The van der Waals surface area contributed by atoms with Crippen LogP contribution in [0, 0.1) is 13.8 Å². The molecule has 6 heteroatoms. The van der Waals surface area contributed by atoms with E-state index in [1.807, 2.05) is 62.4 Å². The van der Waals surface area contributed by atoms with Gasteiger partial charge in [0.1, 0.15) is 0 Å². The predicted octanol–water partition coefficient (Wildman–Crippen LogP) is 3.82. The highest BCUT2D eigenvalue weighted by Crippen LogP contribution is 2.20. The van der Waals surface area contributed by atoms with Gasteiger partial charge in [0, 0.05) is 11.3 Å². The topological polar surface area (TPSA) is 70.7 Å². The standard InChI is InChI=1S/C18H18N4OS/c1-12-6-8-15(9-7-12)19-16(23)11-24-18-20-17(21-22-18)14-5-3-4-13(2)10-14/h3-10H,11H2,1-2H3,(H,19,23)(H,20,21,22). The van der Waals surface area contributed by atoms with Crippen LogP contribution in [0.1, 0.15) is 11.1 Å². The number of H-pyrrole nitrogens is 1. The summed E-state index contributed by atoms with van der Waals surface area (Å²) in [5, 5.41) is 10.5. The molecule has 1 heterocycles. The van der Waals surface area contributed by atoms with Gasteiger partial charge in [0.15, 0.2) is 5.82 Å². The Bertz CT molecular complexity index is 842. The Morgan fingerprint density at radius 3 is 2.67 bits per heavy atom. The SMILES string of the molecule is Cc1ccc(NC(=O)CSc2n[nH]c(-c3cccc(C)c3)n2)cc1. The minimum atomic E-state index is -0.0780. The summed E-state index contributed by atoms with van der Waals surface area (Å²) < 4.78 is 0. The molecule has 122 valence electrons. The Kier molecular flexibility index (Phi) is 4.96. The first kappa shape index (κ1) is 16.3. The minimum Gasteiger partial charge on any atom is -0.325 e. The summed E-state index contributed by atoms with van der Waals surface area (Å²) in [7, 11) is 0. The molecule has 5 nitrogen and oxygen atoms in total. The number of benzene rings is 2. The number of hydrogen-bond donors (Lipinski definition) is 2. The summed E-state index contributed by atoms with van der Waals surface area (Å²) in [6.07, 6.45) is 0. The van der Waals surface area contributed by atoms with Crippen LogP contribution in [0.15, 0.2) is 53.7 Å². The third-order valence-corrected chi connectivity index (χ3v) is 4.27. The first-order valence-corrected chi connectivity index (χ1v) is 8.57. The molecule has 3 rings (SSSR count). The van der Waals surface area contributed by atoms with E-state index in [9.17, 15) is 4.79 Å². The molecule has 2 aromatic carbocycles. The molecule has 2 N–H and O–H groups in total. The van der Waals surface area contributed by atoms with Crippen molar-refractivity contribution >= 4 is 23.4 Å². The number of hydrogen-bond acceptors (Lipinski definition) is 4. The number of carbonyl (C=O) groups excluding carboxylic acids is 1. The van der Waals surface area contributed by atoms with Gasteiger partial charge in [-0.2, -0.15) is 0 Å². The van der Waals surface area contributed by atoms with E-state index in [0.29, 0.717) is 11.0 Å². The fraction of sp³-hybridized carbons (Fsp3) is 0.167. The molecule has 0 spiro atoms. The molecule has 0 bridgehead atoms. The lowest BCUT2D eigenvalue weighted by Crippen LogP contribution is -2.14. The van der Waals surface area contributed by atoms with Gasteiger partial charge < -0.3 is 5.32 Å². The first-order chi connectivity index (χ1) is 11.6. The van der Waals surface area contributed by atoms with E-state index < -0.39 is 0 Å². The number of nitrogens with one attached hydrogen (secondary N) is 2. The van der Waals surface area contributed by atoms with E-state index in [1.165, 1.54) is 11.8 Å². The Morgan fingerprint density at radius 2 is 1.92 bits per heavy atom.